The van der Waals surface area contributed by atoms with Crippen LogP contribution in [0.5, 0.6) is 0 Å². The average molecular weight is 320 g/mol. The molecule has 0 N–H and O–H groups in total. The van der Waals surface area contributed by atoms with Gasteiger partial charge in [0.15, 0.2) is 0 Å². The van der Waals surface area contributed by atoms with Crippen LogP contribution in [-0.2, 0) is 16.5 Å². The molecule has 0 spiro atoms. The number of hydrogen-bond acceptors (Lipinski definition) is 5. The Bertz CT molecular complexity index is 569. The minimum Gasteiger partial charge on any atom is -0.377 e. The number of aromatic nitrogens is 2. The molecule has 0 aromatic carbocycles. The quantitative estimate of drug-likeness (QED) is 0.792. The molecule has 3 fully saturated rings. The summed E-state index contributed by atoms with van der Waals surface area (Å²) in [5, 5.41) is 0. The number of morpholine rings is 1. The molecule has 1 amide bonds. The van der Waals surface area contributed by atoms with E-state index in [4.69, 9.17) is 9.47 Å². The predicted molar refractivity (Wildman–Crippen MR) is 83.2 cm³/mol. The number of fused-ring (bicyclic) bond motifs is 1. The second-order valence-corrected chi connectivity index (χ2v) is 6.71. The summed E-state index contributed by atoms with van der Waals surface area (Å²) in [5.74, 6) is 0.0417. The molecule has 0 saturated carbocycles. The van der Waals surface area contributed by atoms with E-state index < -0.39 is 0 Å². The Morgan fingerprint density at radius 1 is 1.35 bits per heavy atom. The molecule has 3 aliphatic rings. The molecule has 0 aliphatic carbocycles. The van der Waals surface area contributed by atoms with Gasteiger partial charge in [-0.3, -0.25) is 9.69 Å². The van der Waals surface area contributed by atoms with Gasteiger partial charge >= 0.3 is 0 Å². The Kier molecular flexibility index (Phi) is 4.09. The highest BCUT2D eigenvalue weighted by Gasteiger charge is 2.43. The Morgan fingerprint density at radius 3 is 3.00 bits per heavy atom. The van der Waals surface area contributed by atoms with Crippen molar-refractivity contribution in [3.63, 3.8) is 0 Å². The van der Waals surface area contributed by atoms with E-state index >= 15 is 0 Å². The maximum atomic E-state index is 12.7. The zero-order valence-corrected chi connectivity index (χ0v) is 13.6. The first-order chi connectivity index (χ1) is 11.2. The van der Waals surface area contributed by atoms with Gasteiger partial charge in [0.05, 0.1) is 37.4 Å². The van der Waals surface area contributed by atoms with Crippen LogP contribution >= 0.6 is 0 Å². The third kappa shape index (κ3) is 2.88. The summed E-state index contributed by atoms with van der Waals surface area (Å²) >= 11 is 0. The Morgan fingerprint density at radius 2 is 2.26 bits per heavy atom. The Hall–Kier alpha value is -1.44. The summed E-state index contributed by atoms with van der Waals surface area (Å²) in [6.07, 6.45) is 6.06. The molecule has 3 saturated heterocycles. The average Bonchev–Trinajstić information content (AvgIpc) is 3.26. The number of hydrogen-bond donors (Lipinski definition) is 0. The number of likely N-dealkylation sites (tertiary alicyclic amines) is 1. The van der Waals surface area contributed by atoms with Crippen LogP contribution in [0.4, 0.5) is 0 Å². The molecular formula is C16H24N4O3. The fourth-order valence-electron chi connectivity index (χ4n) is 3.93. The molecule has 7 nitrogen and oxygen atoms in total. The van der Waals surface area contributed by atoms with Crippen molar-refractivity contribution < 1.29 is 14.3 Å². The van der Waals surface area contributed by atoms with Crippen LogP contribution in [0.25, 0.3) is 0 Å². The van der Waals surface area contributed by atoms with Gasteiger partial charge in [-0.2, -0.15) is 0 Å². The van der Waals surface area contributed by atoms with Crippen LogP contribution in [0.2, 0.25) is 0 Å². The minimum absolute atomic E-state index is 0.0417. The normalized spacial score (nSPS) is 31.5. The fourth-order valence-corrected chi connectivity index (χ4v) is 3.93. The van der Waals surface area contributed by atoms with E-state index in [0.717, 1.165) is 45.7 Å². The predicted octanol–water partition coefficient (Wildman–Crippen LogP) is 0.124. The third-order valence-electron chi connectivity index (χ3n) is 5.20. The molecular weight excluding hydrogens is 296 g/mol. The van der Waals surface area contributed by atoms with E-state index in [1.165, 1.54) is 0 Å². The van der Waals surface area contributed by atoms with Crippen molar-refractivity contribution >= 4 is 5.91 Å². The summed E-state index contributed by atoms with van der Waals surface area (Å²) in [7, 11) is 1.85. The molecule has 23 heavy (non-hydrogen) atoms. The van der Waals surface area contributed by atoms with Crippen molar-refractivity contribution in [1.29, 1.82) is 0 Å². The number of nitrogens with zero attached hydrogens (tertiary/aromatic N) is 4. The van der Waals surface area contributed by atoms with Gasteiger partial charge in [-0.15, -0.1) is 0 Å². The lowest BCUT2D eigenvalue weighted by atomic mass is 10.1. The van der Waals surface area contributed by atoms with Crippen molar-refractivity contribution in [3.8, 4) is 0 Å². The largest absolute Gasteiger partial charge is 0.377 e. The van der Waals surface area contributed by atoms with Gasteiger partial charge in [0, 0.05) is 39.8 Å². The smallest absolute Gasteiger partial charge is 0.272 e. The van der Waals surface area contributed by atoms with Gasteiger partial charge in [0.25, 0.3) is 5.91 Å². The standard InChI is InChI=1S/C16H24N4O3/c1-18-11-17-7-13(18)16(21)20-9-14-15(10-20)23-6-4-19(14)8-12-3-2-5-22-12/h7,11-12,14-15H,2-6,8-10H2,1H3/t12?,14-,15+/m1/s1. The van der Waals surface area contributed by atoms with Gasteiger partial charge in [-0.25, -0.2) is 4.98 Å². The van der Waals surface area contributed by atoms with E-state index in [2.05, 4.69) is 9.88 Å². The van der Waals surface area contributed by atoms with E-state index in [9.17, 15) is 4.79 Å². The number of amides is 1. The van der Waals surface area contributed by atoms with Crippen molar-refractivity contribution in [2.24, 2.45) is 7.05 Å². The first-order valence-corrected chi connectivity index (χ1v) is 8.45. The van der Waals surface area contributed by atoms with E-state index in [1.54, 1.807) is 17.1 Å². The molecule has 4 heterocycles. The number of rotatable bonds is 3. The second kappa shape index (κ2) is 6.22. The Labute approximate surface area is 136 Å². The van der Waals surface area contributed by atoms with Gasteiger partial charge in [0.2, 0.25) is 0 Å². The van der Waals surface area contributed by atoms with Crippen molar-refractivity contribution in [3.05, 3.63) is 18.2 Å². The highest BCUT2D eigenvalue weighted by molar-refractivity contribution is 5.92. The second-order valence-electron chi connectivity index (χ2n) is 6.71. The van der Waals surface area contributed by atoms with Crippen LogP contribution < -0.4 is 0 Å². The number of carbonyl (C=O) groups excluding carboxylic acids is 1. The maximum Gasteiger partial charge on any atom is 0.272 e. The lowest BCUT2D eigenvalue weighted by molar-refractivity contribution is -0.0614. The first kappa shape index (κ1) is 15.1. The molecule has 0 bridgehead atoms. The summed E-state index contributed by atoms with van der Waals surface area (Å²) in [6, 6.07) is 0.283. The van der Waals surface area contributed by atoms with Crippen LogP contribution in [0.1, 0.15) is 23.3 Å². The molecule has 7 heteroatoms. The van der Waals surface area contributed by atoms with Crippen molar-refractivity contribution in [2.45, 2.75) is 31.1 Å². The van der Waals surface area contributed by atoms with Crippen molar-refractivity contribution in [1.82, 2.24) is 19.4 Å². The van der Waals surface area contributed by atoms with Crippen LogP contribution in [0, 0.1) is 0 Å². The third-order valence-corrected chi connectivity index (χ3v) is 5.20. The first-order valence-electron chi connectivity index (χ1n) is 8.45. The number of aryl methyl sites for hydroxylation is 1. The highest BCUT2D eigenvalue weighted by Crippen LogP contribution is 2.26. The number of carbonyl (C=O) groups is 1. The van der Waals surface area contributed by atoms with Crippen molar-refractivity contribution in [2.75, 3.05) is 39.4 Å². The molecule has 3 atom stereocenters. The molecule has 4 rings (SSSR count). The number of imidazole rings is 1. The van der Waals surface area contributed by atoms with Crippen LogP contribution in [-0.4, -0.2) is 82.9 Å². The summed E-state index contributed by atoms with van der Waals surface area (Å²) in [5.41, 5.74) is 0.634. The van der Waals surface area contributed by atoms with E-state index in [1.807, 2.05) is 11.9 Å². The number of ether oxygens (including phenoxy) is 2. The summed E-state index contributed by atoms with van der Waals surface area (Å²) < 4.78 is 13.5. The summed E-state index contributed by atoms with van der Waals surface area (Å²) in [6.45, 7) is 4.89. The monoisotopic (exact) mass is 320 g/mol. The van der Waals surface area contributed by atoms with Crippen LogP contribution in [0.3, 0.4) is 0 Å². The summed E-state index contributed by atoms with van der Waals surface area (Å²) in [4.78, 5) is 21.1. The van der Waals surface area contributed by atoms with Gasteiger partial charge < -0.3 is 18.9 Å². The SMILES string of the molecule is Cn1cncc1C(=O)N1C[C@@H]2OCCN(CC3CCCO3)[C@@H]2C1. The minimum atomic E-state index is 0.0417. The highest BCUT2D eigenvalue weighted by atomic mass is 16.5. The molecule has 0 radical (unpaired) electrons. The molecule has 1 aromatic heterocycles. The topological polar surface area (TPSA) is 59.8 Å². The van der Waals surface area contributed by atoms with Crippen LogP contribution in [0.15, 0.2) is 12.5 Å². The lowest BCUT2D eigenvalue weighted by Crippen LogP contribution is -2.52. The zero-order valence-electron chi connectivity index (χ0n) is 13.6. The molecule has 126 valence electrons. The molecule has 1 aromatic rings. The molecule has 1 unspecified atom stereocenters. The lowest BCUT2D eigenvalue weighted by Gasteiger charge is -2.37. The zero-order chi connectivity index (χ0) is 15.8. The van der Waals surface area contributed by atoms with Gasteiger partial charge in [0.1, 0.15) is 5.69 Å². The maximum absolute atomic E-state index is 12.7. The van der Waals surface area contributed by atoms with Gasteiger partial charge in [-0.1, -0.05) is 0 Å². The van der Waals surface area contributed by atoms with E-state index in [-0.39, 0.29) is 18.1 Å². The van der Waals surface area contributed by atoms with E-state index in [0.29, 0.717) is 18.3 Å². The molecule has 3 aliphatic heterocycles. The van der Waals surface area contributed by atoms with Gasteiger partial charge in [-0.05, 0) is 12.8 Å². The Balaban J connectivity index is 1.44. The fraction of sp³-hybridized carbons (Fsp3) is 0.750.